The highest BCUT2D eigenvalue weighted by molar-refractivity contribution is 6.31. The Balaban J connectivity index is 2.51. The van der Waals surface area contributed by atoms with Gasteiger partial charge in [0.15, 0.2) is 5.78 Å². The van der Waals surface area contributed by atoms with E-state index in [9.17, 15) is 9.18 Å². The van der Waals surface area contributed by atoms with Crippen molar-refractivity contribution in [1.82, 2.24) is 0 Å². The van der Waals surface area contributed by atoms with Crippen LogP contribution < -0.4 is 5.73 Å². The second kappa shape index (κ2) is 4.78. The molecule has 2 N–H and O–H groups in total. The molecule has 0 fully saturated rings. The first-order chi connectivity index (χ1) is 8.49. The summed E-state index contributed by atoms with van der Waals surface area (Å²) in [6.07, 6.45) is 0. The van der Waals surface area contributed by atoms with Gasteiger partial charge in [-0.15, -0.1) is 0 Å². The van der Waals surface area contributed by atoms with Crippen LogP contribution in [-0.2, 0) is 0 Å². The average Bonchev–Trinajstić information content (AvgIpc) is 2.31. The summed E-state index contributed by atoms with van der Waals surface area (Å²) in [5, 5.41) is 0.327. The second-order valence-electron chi connectivity index (χ2n) is 4.03. The molecule has 0 saturated heterocycles. The SMILES string of the molecule is Cc1cc(N)ccc1C(=O)c1cc(Cl)ccc1F. The van der Waals surface area contributed by atoms with E-state index in [1.165, 1.54) is 18.2 Å². The first kappa shape index (κ1) is 12.6. The molecule has 0 atom stereocenters. The van der Waals surface area contributed by atoms with Crippen molar-refractivity contribution in [3.8, 4) is 0 Å². The highest BCUT2D eigenvalue weighted by Gasteiger charge is 2.16. The van der Waals surface area contributed by atoms with Crippen LogP contribution in [0.4, 0.5) is 10.1 Å². The van der Waals surface area contributed by atoms with Crippen molar-refractivity contribution in [2.75, 3.05) is 5.73 Å². The first-order valence-electron chi connectivity index (χ1n) is 5.35. The molecule has 2 rings (SSSR count). The van der Waals surface area contributed by atoms with Crippen LogP contribution in [0, 0.1) is 12.7 Å². The largest absolute Gasteiger partial charge is 0.399 e. The minimum absolute atomic E-state index is 0.0321. The minimum atomic E-state index is -0.583. The molecule has 0 amide bonds. The van der Waals surface area contributed by atoms with Crippen molar-refractivity contribution in [2.24, 2.45) is 0 Å². The molecule has 0 radical (unpaired) electrons. The van der Waals surface area contributed by atoms with Crippen molar-refractivity contribution >= 4 is 23.1 Å². The molecule has 0 spiro atoms. The summed E-state index contributed by atoms with van der Waals surface area (Å²) in [6.45, 7) is 1.76. The van der Waals surface area contributed by atoms with E-state index in [1.807, 2.05) is 0 Å². The van der Waals surface area contributed by atoms with E-state index in [4.69, 9.17) is 17.3 Å². The number of benzene rings is 2. The van der Waals surface area contributed by atoms with E-state index in [0.717, 1.165) is 0 Å². The number of hydrogen-bond acceptors (Lipinski definition) is 2. The Bertz CT molecular complexity index is 625. The Morgan fingerprint density at radius 2 is 1.89 bits per heavy atom. The van der Waals surface area contributed by atoms with Gasteiger partial charge in [0.1, 0.15) is 5.82 Å². The van der Waals surface area contributed by atoms with Gasteiger partial charge in [0, 0.05) is 16.3 Å². The molecule has 2 aromatic rings. The summed E-state index contributed by atoms with van der Waals surface area (Å²) in [5.41, 5.74) is 7.28. The van der Waals surface area contributed by atoms with Crippen molar-refractivity contribution in [2.45, 2.75) is 6.92 Å². The van der Waals surface area contributed by atoms with E-state index in [1.54, 1.807) is 25.1 Å². The standard InChI is InChI=1S/C14H11ClFNO/c1-8-6-10(17)3-4-11(8)14(18)12-7-9(15)2-5-13(12)16/h2-7H,17H2,1H3. The van der Waals surface area contributed by atoms with Gasteiger partial charge in [0.2, 0.25) is 0 Å². The smallest absolute Gasteiger partial charge is 0.196 e. The molecule has 4 heteroatoms. The number of aryl methyl sites for hydroxylation is 1. The summed E-state index contributed by atoms with van der Waals surface area (Å²) in [4.78, 5) is 12.2. The molecule has 0 aromatic heterocycles. The Labute approximate surface area is 109 Å². The predicted molar refractivity (Wildman–Crippen MR) is 70.4 cm³/mol. The molecule has 0 aliphatic carbocycles. The third-order valence-electron chi connectivity index (χ3n) is 2.67. The van der Waals surface area contributed by atoms with Gasteiger partial charge < -0.3 is 5.73 Å². The third kappa shape index (κ3) is 2.36. The Morgan fingerprint density at radius 1 is 1.17 bits per heavy atom. The Kier molecular flexibility index (Phi) is 3.34. The highest BCUT2D eigenvalue weighted by Crippen LogP contribution is 2.21. The molecule has 0 saturated carbocycles. The number of carbonyl (C=O) groups is 1. The van der Waals surface area contributed by atoms with Gasteiger partial charge >= 0.3 is 0 Å². The molecule has 0 aliphatic heterocycles. The lowest BCUT2D eigenvalue weighted by molar-refractivity contribution is 0.103. The lowest BCUT2D eigenvalue weighted by atomic mass is 9.98. The van der Waals surface area contributed by atoms with Gasteiger partial charge in [-0.1, -0.05) is 11.6 Å². The van der Waals surface area contributed by atoms with Crippen molar-refractivity contribution in [3.05, 3.63) is 63.9 Å². The number of carbonyl (C=O) groups excluding carboxylic acids is 1. The fraction of sp³-hybridized carbons (Fsp3) is 0.0714. The van der Waals surface area contributed by atoms with Crippen LogP contribution in [0.5, 0.6) is 0 Å². The van der Waals surface area contributed by atoms with Crippen LogP contribution in [0.3, 0.4) is 0 Å². The minimum Gasteiger partial charge on any atom is -0.399 e. The molecule has 18 heavy (non-hydrogen) atoms. The topological polar surface area (TPSA) is 43.1 Å². The number of nitrogen functional groups attached to an aromatic ring is 1. The fourth-order valence-electron chi connectivity index (χ4n) is 1.76. The number of hydrogen-bond donors (Lipinski definition) is 1. The van der Waals surface area contributed by atoms with Gasteiger partial charge in [0.05, 0.1) is 5.56 Å². The molecule has 2 nitrogen and oxygen atoms in total. The monoisotopic (exact) mass is 263 g/mol. The van der Waals surface area contributed by atoms with E-state index in [2.05, 4.69) is 0 Å². The van der Waals surface area contributed by atoms with Gasteiger partial charge in [-0.05, 0) is 48.9 Å². The second-order valence-corrected chi connectivity index (χ2v) is 4.46. The van der Waals surface area contributed by atoms with Gasteiger partial charge in [-0.3, -0.25) is 4.79 Å². The maximum Gasteiger partial charge on any atom is 0.196 e. The number of ketones is 1. The molecule has 92 valence electrons. The predicted octanol–water partition coefficient (Wildman–Crippen LogP) is 3.60. The van der Waals surface area contributed by atoms with E-state index < -0.39 is 11.6 Å². The fourth-order valence-corrected chi connectivity index (χ4v) is 1.93. The van der Waals surface area contributed by atoms with Crippen molar-refractivity contribution in [3.63, 3.8) is 0 Å². The normalized spacial score (nSPS) is 10.4. The van der Waals surface area contributed by atoms with Crippen LogP contribution >= 0.6 is 11.6 Å². The van der Waals surface area contributed by atoms with E-state index >= 15 is 0 Å². The average molecular weight is 264 g/mol. The number of nitrogens with two attached hydrogens (primary N) is 1. The summed E-state index contributed by atoms with van der Waals surface area (Å²) < 4.78 is 13.6. The zero-order chi connectivity index (χ0) is 13.3. The maximum absolute atomic E-state index is 13.6. The first-order valence-corrected chi connectivity index (χ1v) is 5.72. The van der Waals surface area contributed by atoms with E-state index in [-0.39, 0.29) is 5.56 Å². The molecule has 0 aliphatic rings. The number of halogens is 2. The van der Waals surface area contributed by atoms with Crippen LogP contribution in [-0.4, -0.2) is 5.78 Å². The van der Waals surface area contributed by atoms with Crippen molar-refractivity contribution < 1.29 is 9.18 Å². The molecule has 2 aromatic carbocycles. The number of anilines is 1. The quantitative estimate of drug-likeness (QED) is 0.664. The van der Waals surface area contributed by atoms with Crippen LogP contribution in [0.25, 0.3) is 0 Å². The van der Waals surface area contributed by atoms with Crippen LogP contribution in [0.15, 0.2) is 36.4 Å². The van der Waals surface area contributed by atoms with Crippen molar-refractivity contribution in [1.29, 1.82) is 0 Å². The zero-order valence-corrected chi connectivity index (χ0v) is 10.5. The zero-order valence-electron chi connectivity index (χ0n) is 9.71. The van der Waals surface area contributed by atoms with Gasteiger partial charge in [-0.25, -0.2) is 4.39 Å². The van der Waals surface area contributed by atoms with Crippen LogP contribution in [0.1, 0.15) is 21.5 Å². The van der Waals surface area contributed by atoms with E-state index in [0.29, 0.717) is 21.8 Å². The molecule has 0 unspecified atom stereocenters. The molecule has 0 bridgehead atoms. The lowest BCUT2D eigenvalue weighted by Gasteiger charge is -2.07. The highest BCUT2D eigenvalue weighted by atomic mass is 35.5. The summed E-state index contributed by atoms with van der Waals surface area (Å²) in [5.74, 6) is -0.979. The summed E-state index contributed by atoms with van der Waals surface area (Å²) >= 11 is 5.77. The Morgan fingerprint density at radius 3 is 2.56 bits per heavy atom. The molecule has 0 heterocycles. The maximum atomic E-state index is 13.6. The van der Waals surface area contributed by atoms with Gasteiger partial charge in [0.25, 0.3) is 0 Å². The molecular formula is C14H11ClFNO. The summed E-state index contributed by atoms with van der Waals surface area (Å²) in [6, 6.07) is 8.80. The van der Waals surface area contributed by atoms with Gasteiger partial charge in [-0.2, -0.15) is 0 Å². The third-order valence-corrected chi connectivity index (χ3v) is 2.90. The summed E-state index contributed by atoms with van der Waals surface area (Å²) in [7, 11) is 0. The lowest BCUT2D eigenvalue weighted by Crippen LogP contribution is -2.06. The molecular weight excluding hydrogens is 253 g/mol. The van der Waals surface area contributed by atoms with Crippen LogP contribution in [0.2, 0.25) is 5.02 Å². The number of rotatable bonds is 2. The Hall–Kier alpha value is -1.87.